The number of amides is 2. The summed E-state index contributed by atoms with van der Waals surface area (Å²) in [7, 11) is 1.23. The fraction of sp³-hybridized carbons (Fsp3) is 0.296. The van der Waals surface area contributed by atoms with Gasteiger partial charge in [-0.15, -0.1) is 0 Å². The molecule has 0 heterocycles. The largest absolute Gasteiger partial charge is 0.467 e. The zero-order valence-corrected chi connectivity index (χ0v) is 19.5. The van der Waals surface area contributed by atoms with Crippen LogP contribution in [0.1, 0.15) is 39.9 Å². The van der Waals surface area contributed by atoms with Crippen molar-refractivity contribution >= 4 is 23.9 Å². The summed E-state index contributed by atoms with van der Waals surface area (Å²) in [4.78, 5) is 36.6. The van der Waals surface area contributed by atoms with Gasteiger partial charge in [0, 0.05) is 23.7 Å². The second kappa shape index (κ2) is 13.1. The number of hydrogen-bond acceptors (Lipinski definition) is 6. The number of rotatable bonds is 10. The van der Waals surface area contributed by atoms with E-state index in [1.54, 1.807) is 30.3 Å². The van der Waals surface area contributed by atoms with E-state index in [2.05, 4.69) is 27.8 Å². The lowest BCUT2D eigenvalue weighted by Gasteiger charge is -2.17. The summed E-state index contributed by atoms with van der Waals surface area (Å²) < 4.78 is 4.75. The molecule has 2 aromatic rings. The van der Waals surface area contributed by atoms with E-state index < -0.39 is 17.9 Å². The standard InChI is InChI=1S/C27H29N3O5/c1-35-27(34)24(16-29-25(32)17-28-23-14-15-23)30-26(33)22-12-10-20(11-13-22)5-3-2-4-19-6-8-21(18-31)9-7-19/h2,4,6-13,23-24,28,31H,14-18H2,1H3,(H,29,32)(H,30,33)/t24-/m0/s1. The van der Waals surface area contributed by atoms with Crippen molar-refractivity contribution in [2.24, 2.45) is 0 Å². The molecule has 4 N–H and O–H groups in total. The Labute approximate surface area is 204 Å². The van der Waals surface area contributed by atoms with E-state index >= 15 is 0 Å². The van der Waals surface area contributed by atoms with E-state index in [1.807, 2.05) is 30.3 Å². The van der Waals surface area contributed by atoms with E-state index in [4.69, 9.17) is 9.84 Å². The van der Waals surface area contributed by atoms with Crippen LogP contribution in [0.5, 0.6) is 0 Å². The first-order valence-corrected chi connectivity index (χ1v) is 11.3. The normalized spacial score (nSPS) is 13.4. The van der Waals surface area contributed by atoms with Crippen molar-refractivity contribution in [3.63, 3.8) is 0 Å². The van der Waals surface area contributed by atoms with Crippen molar-refractivity contribution in [2.75, 3.05) is 20.2 Å². The Morgan fingerprint density at radius 3 is 2.46 bits per heavy atom. The highest BCUT2D eigenvalue weighted by Gasteiger charge is 2.24. The van der Waals surface area contributed by atoms with Crippen LogP contribution in [-0.2, 0) is 20.9 Å². The summed E-state index contributed by atoms with van der Waals surface area (Å²) in [6.07, 6.45) is 5.72. The molecule has 3 rings (SSSR count). The monoisotopic (exact) mass is 475 g/mol. The van der Waals surface area contributed by atoms with E-state index in [1.165, 1.54) is 7.11 Å². The van der Waals surface area contributed by atoms with Crippen molar-refractivity contribution in [3.05, 3.63) is 76.9 Å². The van der Waals surface area contributed by atoms with Gasteiger partial charge in [0.1, 0.15) is 6.04 Å². The molecule has 2 aromatic carbocycles. The van der Waals surface area contributed by atoms with Gasteiger partial charge in [-0.25, -0.2) is 4.79 Å². The zero-order chi connectivity index (χ0) is 25.0. The molecular formula is C27H29N3O5. The number of methoxy groups -OCH3 is 1. The van der Waals surface area contributed by atoms with Crippen LogP contribution >= 0.6 is 0 Å². The third-order valence-corrected chi connectivity index (χ3v) is 5.31. The highest BCUT2D eigenvalue weighted by atomic mass is 16.5. The first kappa shape index (κ1) is 25.7. The Kier molecular flexibility index (Phi) is 9.60. The molecule has 0 aliphatic heterocycles. The van der Waals surface area contributed by atoms with Crippen LogP contribution in [-0.4, -0.2) is 55.2 Å². The number of carbonyl (C=O) groups is 3. The van der Waals surface area contributed by atoms with E-state index in [0.29, 0.717) is 11.6 Å². The number of nitrogens with one attached hydrogen (secondary N) is 3. The average Bonchev–Trinajstić information content (AvgIpc) is 3.72. The quantitative estimate of drug-likeness (QED) is 0.305. The summed E-state index contributed by atoms with van der Waals surface area (Å²) in [5.41, 5.74) is 2.90. The molecule has 8 heteroatoms. The maximum absolute atomic E-state index is 12.6. The van der Waals surface area contributed by atoms with Crippen molar-refractivity contribution < 1.29 is 24.2 Å². The van der Waals surface area contributed by atoms with Gasteiger partial charge < -0.3 is 25.8 Å². The molecule has 0 spiro atoms. The number of ether oxygens (including phenoxy) is 1. The van der Waals surface area contributed by atoms with Gasteiger partial charge in [0.15, 0.2) is 0 Å². The summed E-state index contributed by atoms with van der Waals surface area (Å²) in [5, 5.41) is 17.4. The molecule has 1 aliphatic rings. The van der Waals surface area contributed by atoms with Gasteiger partial charge in [0.05, 0.1) is 20.3 Å². The number of aliphatic hydroxyl groups excluding tert-OH is 1. The van der Waals surface area contributed by atoms with Gasteiger partial charge in [-0.1, -0.05) is 36.1 Å². The molecule has 2 amide bonds. The third kappa shape index (κ3) is 8.74. The van der Waals surface area contributed by atoms with Crippen LogP contribution in [0.15, 0.2) is 54.6 Å². The van der Waals surface area contributed by atoms with Crippen LogP contribution in [0, 0.1) is 11.8 Å². The summed E-state index contributed by atoms with van der Waals surface area (Å²) in [6, 6.07) is 13.5. The van der Waals surface area contributed by atoms with Gasteiger partial charge in [-0.2, -0.15) is 0 Å². The molecule has 1 aliphatic carbocycles. The highest BCUT2D eigenvalue weighted by Crippen LogP contribution is 2.17. The second-order valence-corrected chi connectivity index (χ2v) is 8.09. The lowest BCUT2D eigenvalue weighted by molar-refractivity contribution is -0.142. The summed E-state index contributed by atoms with van der Waals surface area (Å²) in [6.45, 7) is 0.109. The van der Waals surface area contributed by atoms with E-state index in [9.17, 15) is 14.4 Å². The minimum Gasteiger partial charge on any atom is -0.467 e. The van der Waals surface area contributed by atoms with Crippen molar-refractivity contribution in [1.29, 1.82) is 0 Å². The molecule has 1 fully saturated rings. The minimum absolute atomic E-state index is 0.00971. The Morgan fingerprint density at radius 1 is 1.11 bits per heavy atom. The first-order chi connectivity index (χ1) is 17.0. The Balaban J connectivity index is 1.52. The maximum Gasteiger partial charge on any atom is 0.330 e. The van der Waals surface area contributed by atoms with Gasteiger partial charge in [-0.3, -0.25) is 9.59 Å². The average molecular weight is 476 g/mol. The zero-order valence-electron chi connectivity index (χ0n) is 19.5. The predicted molar refractivity (Wildman–Crippen MR) is 132 cm³/mol. The first-order valence-electron chi connectivity index (χ1n) is 11.3. The molecule has 8 nitrogen and oxygen atoms in total. The predicted octanol–water partition coefficient (Wildman–Crippen LogP) is 1.38. The van der Waals surface area contributed by atoms with Crippen molar-refractivity contribution in [3.8, 4) is 11.8 Å². The molecule has 0 saturated heterocycles. The van der Waals surface area contributed by atoms with Crippen LogP contribution in [0.25, 0.3) is 6.08 Å². The van der Waals surface area contributed by atoms with Gasteiger partial charge >= 0.3 is 5.97 Å². The molecular weight excluding hydrogens is 446 g/mol. The SMILES string of the molecule is COC(=O)[C@H](CNC(=O)CNC1CC1)NC(=O)c1ccc(C#CC=Cc2ccc(CO)cc2)cc1. The maximum atomic E-state index is 12.6. The molecule has 35 heavy (non-hydrogen) atoms. The minimum atomic E-state index is -1.01. The lowest BCUT2D eigenvalue weighted by Crippen LogP contribution is -2.50. The van der Waals surface area contributed by atoms with Crippen molar-refractivity contribution in [2.45, 2.75) is 31.5 Å². The van der Waals surface area contributed by atoms with E-state index in [-0.39, 0.29) is 25.6 Å². The molecule has 0 aromatic heterocycles. The van der Waals surface area contributed by atoms with Gasteiger partial charge in [0.25, 0.3) is 5.91 Å². The summed E-state index contributed by atoms with van der Waals surface area (Å²) in [5.74, 6) is 4.58. The number of esters is 1. The molecule has 0 unspecified atom stereocenters. The molecule has 0 radical (unpaired) electrons. The number of benzene rings is 2. The number of allylic oxidation sites excluding steroid dienone is 1. The Hall–Kier alpha value is -3.93. The molecule has 1 saturated carbocycles. The van der Waals surface area contributed by atoms with Crippen LogP contribution in [0.4, 0.5) is 0 Å². The fourth-order valence-electron chi connectivity index (χ4n) is 3.08. The highest BCUT2D eigenvalue weighted by molar-refractivity contribution is 5.97. The number of carbonyl (C=O) groups excluding carboxylic acids is 3. The number of hydrogen-bond donors (Lipinski definition) is 4. The van der Waals surface area contributed by atoms with Gasteiger partial charge in [-0.05, 0) is 60.4 Å². The molecule has 1 atom stereocenters. The second-order valence-electron chi connectivity index (χ2n) is 8.09. The fourth-order valence-corrected chi connectivity index (χ4v) is 3.08. The van der Waals surface area contributed by atoms with Crippen LogP contribution < -0.4 is 16.0 Å². The smallest absolute Gasteiger partial charge is 0.330 e. The topological polar surface area (TPSA) is 117 Å². The Morgan fingerprint density at radius 2 is 1.83 bits per heavy atom. The Bertz CT molecular complexity index is 1110. The number of aliphatic hydroxyl groups is 1. The molecule has 182 valence electrons. The van der Waals surface area contributed by atoms with Crippen LogP contribution in [0.2, 0.25) is 0 Å². The third-order valence-electron chi connectivity index (χ3n) is 5.31. The van der Waals surface area contributed by atoms with Gasteiger partial charge in [0.2, 0.25) is 5.91 Å². The van der Waals surface area contributed by atoms with E-state index in [0.717, 1.165) is 29.5 Å². The lowest BCUT2D eigenvalue weighted by atomic mass is 10.1. The van der Waals surface area contributed by atoms with Crippen LogP contribution in [0.3, 0.4) is 0 Å². The van der Waals surface area contributed by atoms with Crippen molar-refractivity contribution in [1.82, 2.24) is 16.0 Å². The molecule has 0 bridgehead atoms. The summed E-state index contributed by atoms with van der Waals surface area (Å²) >= 11 is 0.